The van der Waals surface area contributed by atoms with Gasteiger partial charge in [-0.15, -0.1) is 0 Å². The molecule has 0 N–H and O–H groups in total. The van der Waals surface area contributed by atoms with Crippen LogP contribution >= 0.6 is 0 Å². The number of ether oxygens (including phenoxy) is 1. The molecule has 10 heteroatoms. The van der Waals surface area contributed by atoms with Gasteiger partial charge in [0.1, 0.15) is 10.5 Å². The molecule has 1 aliphatic heterocycles. The maximum atomic E-state index is 14.2. The van der Waals surface area contributed by atoms with E-state index >= 15 is 0 Å². The minimum absolute atomic E-state index is 0.0217. The SMILES string of the molecule is Cc1ccc2occ(CN(Cc3ccccc3)C(=O)CN(CC3CCCO3)S(=O)(=O)c3cccc4cccnc34)c(=O)c2c1. The van der Waals surface area contributed by atoms with Crippen molar-refractivity contribution in [2.24, 2.45) is 0 Å². The van der Waals surface area contributed by atoms with Crippen molar-refractivity contribution in [3.05, 3.63) is 118 Å². The average Bonchev–Trinajstić information content (AvgIpc) is 3.55. The Labute approximate surface area is 255 Å². The lowest BCUT2D eigenvalue weighted by molar-refractivity contribution is -0.132. The van der Waals surface area contributed by atoms with Crippen molar-refractivity contribution < 1.29 is 22.4 Å². The van der Waals surface area contributed by atoms with Crippen LogP contribution in [0.4, 0.5) is 0 Å². The van der Waals surface area contributed by atoms with E-state index in [1.807, 2.05) is 43.3 Å². The highest BCUT2D eigenvalue weighted by atomic mass is 32.2. The molecule has 0 bridgehead atoms. The van der Waals surface area contributed by atoms with Gasteiger partial charge >= 0.3 is 0 Å². The van der Waals surface area contributed by atoms with Crippen LogP contribution in [0.25, 0.3) is 21.9 Å². The van der Waals surface area contributed by atoms with Crippen LogP contribution in [0.15, 0.2) is 105 Å². The molecule has 1 atom stereocenters. The minimum Gasteiger partial charge on any atom is -0.464 e. The molecule has 1 unspecified atom stereocenters. The largest absolute Gasteiger partial charge is 0.464 e. The zero-order valence-electron chi connectivity index (χ0n) is 24.4. The lowest BCUT2D eigenvalue weighted by Gasteiger charge is -2.29. The molecule has 1 saturated heterocycles. The fourth-order valence-corrected chi connectivity index (χ4v) is 7.16. The summed E-state index contributed by atoms with van der Waals surface area (Å²) < 4.78 is 41.2. The zero-order valence-corrected chi connectivity index (χ0v) is 25.2. The predicted molar refractivity (Wildman–Crippen MR) is 167 cm³/mol. The topological polar surface area (TPSA) is 110 Å². The van der Waals surface area contributed by atoms with E-state index in [0.29, 0.717) is 40.5 Å². The van der Waals surface area contributed by atoms with Gasteiger partial charge in [0.05, 0.1) is 41.9 Å². The fraction of sp³-hybridized carbons (Fsp3) is 0.265. The molecule has 226 valence electrons. The third-order valence-corrected chi connectivity index (χ3v) is 9.73. The third kappa shape index (κ3) is 6.28. The number of aromatic nitrogens is 1. The maximum absolute atomic E-state index is 14.2. The maximum Gasteiger partial charge on any atom is 0.245 e. The highest BCUT2D eigenvalue weighted by Crippen LogP contribution is 2.26. The Bertz CT molecular complexity index is 1970. The van der Waals surface area contributed by atoms with Crippen LogP contribution < -0.4 is 5.43 Å². The monoisotopic (exact) mass is 611 g/mol. The molecule has 44 heavy (non-hydrogen) atoms. The Morgan fingerprint density at radius 2 is 1.82 bits per heavy atom. The number of carbonyl (C=O) groups is 1. The Kier molecular flexibility index (Phi) is 8.56. The van der Waals surface area contributed by atoms with E-state index in [4.69, 9.17) is 9.15 Å². The van der Waals surface area contributed by atoms with Crippen molar-refractivity contribution in [2.75, 3.05) is 19.7 Å². The van der Waals surface area contributed by atoms with Gasteiger partial charge < -0.3 is 14.1 Å². The molecule has 0 spiro atoms. The number of para-hydroxylation sites is 1. The first-order chi connectivity index (χ1) is 21.3. The van der Waals surface area contributed by atoms with E-state index < -0.39 is 22.5 Å². The standard InChI is InChI=1S/C34H33N3O6S/c1-24-14-15-30-29(18-24)34(39)27(23-43-30)20-36(19-25-8-3-2-4-9-25)32(38)22-37(21-28-12-7-17-42-28)44(40,41)31-13-5-10-26-11-6-16-35-33(26)31/h2-6,8-11,13-16,18,23,28H,7,12,17,19-22H2,1H3. The van der Waals surface area contributed by atoms with Gasteiger partial charge in [0.15, 0.2) is 5.43 Å². The first kappa shape index (κ1) is 29.7. The number of nitrogens with zero attached hydrogens (tertiary/aromatic N) is 3. The van der Waals surface area contributed by atoms with Crippen LogP contribution in [0.5, 0.6) is 0 Å². The molecule has 0 aliphatic carbocycles. The number of amides is 1. The van der Waals surface area contributed by atoms with Crippen molar-refractivity contribution in [1.29, 1.82) is 0 Å². The molecule has 0 radical (unpaired) electrons. The number of carbonyl (C=O) groups excluding carboxylic acids is 1. The van der Waals surface area contributed by atoms with Crippen LogP contribution in [0, 0.1) is 6.92 Å². The highest BCUT2D eigenvalue weighted by molar-refractivity contribution is 7.89. The summed E-state index contributed by atoms with van der Waals surface area (Å²) in [6, 6.07) is 23.3. The first-order valence-electron chi connectivity index (χ1n) is 14.6. The van der Waals surface area contributed by atoms with Crippen LogP contribution in [-0.2, 0) is 32.6 Å². The molecule has 6 rings (SSSR count). The Morgan fingerprint density at radius 1 is 1.00 bits per heavy atom. The number of pyridine rings is 1. The van der Waals surface area contributed by atoms with E-state index in [2.05, 4.69) is 4.98 Å². The normalized spacial score (nSPS) is 15.3. The van der Waals surface area contributed by atoms with E-state index in [1.165, 1.54) is 21.5 Å². The van der Waals surface area contributed by atoms with E-state index in [-0.39, 0.29) is 36.1 Å². The number of hydrogen-bond acceptors (Lipinski definition) is 7. The number of hydrogen-bond donors (Lipinski definition) is 0. The van der Waals surface area contributed by atoms with Crippen LogP contribution in [0.1, 0.15) is 29.5 Å². The number of rotatable bonds is 10. The summed E-state index contributed by atoms with van der Waals surface area (Å²) in [5.74, 6) is -0.452. The summed E-state index contributed by atoms with van der Waals surface area (Å²) in [5, 5.41) is 1.11. The predicted octanol–water partition coefficient (Wildman–Crippen LogP) is 5.05. The second-order valence-corrected chi connectivity index (χ2v) is 13.0. The minimum atomic E-state index is -4.17. The molecule has 2 aromatic heterocycles. The molecular weight excluding hydrogens is 578 g/mol. The van der Waals surface area contributed by atoms with E-state index in [9.17, 15) is 18.0 Å². The number of fused-ring (bicyclic) bond motifs is 2. The lowest BCUT2D eigenvalue weighted by Crippen LogP contribution is -2.45. The van der Waals surface area contributed by atoms with Crippen LogP contribution in [-0.4, -0.2) is 54.3 Å². The van der Waals surface area contributed by atoms with Gasteiger partial charge in [0.25, 0.3) is 0 Å². The van der Waals surface area contributed by atoms with Crippen molar-refractivity contribution in [3.8, 4) is 0 Å². The summed E-state index contributed by atoms with van der Waals surface area (Å²) >= 11 is 0. The number of benzene rings is 3. The molecular formula is C34H33N3O6S. The van der Waals surface area contributed by atoms with E-state index in [0.717, 1.165) is 17.5 Å². The zero-order chi connectivity index (χ0) is 30.7. The van der Waals surface area contributed by atoms with Crippen molar-refractivity contribution >= 4 is 37.8 Å². The van der Waals surface area contributed by atoms with Gasteiger partial charge in [-0.3, -0.25) is 14.6 Å². The smallest absolute Gasteiger partial charge is 0.245 e. The summed E-state index contributed by atoms with van der Waals surface area (Å²) in [6.45, 7) is 2.15. The molecule has 9 nitrogen and oxygen atoms in total. The molecule has 5 aromatic rings. The van der Waals surface area contributed by atoms with Crippen molar-refractivity contribution in [3.63, 3.8) is 0 Å². The number of sulfonamides is 1. The highest BCUT2D eigenvalue weighted by Gasteiger charge is 2.33. The van der Waals surface area contributed by atoms with E-state index in [1.54, 1.807) is 42.6 Å². The summed E-state index contributed by atoms with van der Waals surface area (Å²) in [4.78, 5) is 33.5. The van der Waals surface area contributed by atoms with Crippen molar-refractivity contribution in [1.82, 2.24) is 14.2 Å². The molecule has 1 amide bonds. The molecule has 3 aromatic carbocycles. The Morgan fingerprint density at radius 3 is 2.61 bits per heavy atom. The molecule has 1 aliphatic rings. The lowest BCUT2D eigenvalue weighted by atomic mass is 10.1. The average molecular weight is 612 g/mol. The van der Waals surface area contributed by atoms with Gasteiger partial charge in [-0.25, -0.2) is 8.42 Å². The fourth-order valence-electron chi connectivity index (χ4n) is 5.57. The molecule has 1 fully saturated rings. The quantitative estimate of drug-likeness (QED) is 0.217. The van der Waals surface area contributed by atoms with Crippen LogP contribution in [0.2, 0.25) is 0 Å². The molecule has 3 heterocycles. The third-order valence-electron chi connectivity index (χ3n) is 7.89. The summed E-state index contributed by atoms with van der Waals surface area (Å²) in [6.07, 6.45) is 4.11. The summed E-state index contributed by atoms with van der Waals surface area (Å²) in [5.41, 5.74) is 2.63. The summed E-state index contributed by atoms with van der Waals surface area (Å²) in [7, 11) is -4.17. The van der Waals surface area contributed by atoms with Gasteiger partial charge in [-0.2, -0.15) is 4.31 Å². The number of aryl methyl sites for hydroxylation is 1. The molecule has 0 saturated carbocycles. The Balaban J connectivity index is 1.36. The first-order valence-corrected chi connectivity index (χ1v) is 16.0. The van der Waals surface area contributed by atoms with Gasteiger partial charge in [0.2, 0.25) is 15.9 Å². The van der Waals surface area contributed by atoms with Gasteiger partial charge in [-0.1, -0.05) is 60.2 Å². The Hall–Kier alpha value is -4.38. The second-order valence-electron chi connectivity index (χ2n) is 11.1. The second kappa shape index (κ2) is 12.7. The van der Waals surface area contributed by atoms with Gasteiger partial charge in [0, 0.05) is 31.3 Å². The van der Waals surface area contributed by atoms with Gasteiger partial charge in [-0.05, 0) is 49.6 Å². The van der Waals surface area contributed by atoms with Crippen molar-refractivity contribution in [2.45, 2.75) is 43.9 Å². The van der Waals surface area contributed by atoms with Crippen LogP contribution in [0.3, 0.4) is 0 Å².